The molecule has 1 heterocycles. The Morgan fingerprint density at radius 3 is 2.23 bits per heavy atom. The van der Waals surface area contributed by atoms with Gasteiger partial charge in [-0.05, 0) is 55.5 Å². The number of carbonyl (C=O) groups excluding carboxylic acids is 2. The zero-order valence-corrected chi connectivity index (χ0v) is 13.9. The Kier molecular flexibility index (Phi) is 4.98. The molecule has 0 fully saturated rings. The molecule has 0 radical (unpaired) electrons. The Morgan fingerprint density at radius 1 is 0.923 bits per heavy atom. The molecule has 0 saturated carbocycles. The molecule has 2 N–H and O–H groups in total. The van der Waals surface area contributed by atoms with E-state index in [1.807, 2.05) is 0 Å². The van der Waals surface area contributed by atoms with E-state index in [2.05, 4.69) is 20.6 Å². The van der Waals surface area contributed by atoms with Gasteiger partial charge in [0.1, 0.15) is 23.7 Å². The number of nitrogens with zero attached hydrogens (tertiary/aromatic N) is 2. The number of rotatable bonds is 5. The molecule has 1 amide bonds. The van der Waals surface area contributed by atoms with Crippen molar-refractivity contribution in [3.05, 3.63) is 78.0 Å². The fraction of sp³-hybridized carbons (Fsp3) is 0.0526. The van der Waals surface area contributed by atoms with Crippen molar-refractivity contribution in [2.24, 2.45) is 0 Å². The third-order valence-electron chi connectivity index (χ3n) is 3.57. The molecule has 6 nitrogen and oxygen atoms in total. The Bertz CT molecular complexity index is 941. The molecule has 0 aliphatic heterocycles. The smallest absolute Gasteiger partial charge is 0.274 e. The number of hydrogen-bond donors (Lipinski definition) is 2. The lowest BCUT2D eigenvalue weighted by molar-refractivity contribution is 0.101. The lowest BCUT2D eigenvalue weighted by atomic mass is 10.1. The number of hydrogen-bond acceptors (Lipinski definition) is 5. The standard InChI is InChI=1S/C19H15FN4O2/c1-12(25)13-2-6-16(7-3-13)24-19(26)17-10-18(22-11-21-17)23-15-8-4-14(20)5-9-15/h2-11H,1H3,(H,24,26)(H,21,22,23). The Hall–Kier alpha value is -3.61. The van der Waals surface area contributed by atoms with Crippen LogP contribution >= 0.6 is 0 Å². The fourth-order valence-corrected chi connectivity index (χ4v) is 2.21. The molecule has 1 aromatic heterocycles. The molecule has 0 saturated heterocycles. The largest absolute Gasteiger partial charge is 0.340 e. The number of carbonyl (C=O) groups is 2. The third kappa shape index (κ3) is 4.27. The summed E-state index contributed by atoms with van der Waals surface area (Å²) < 4.78 is 12.9. The summed E-state index contributed by atoms with van der Waals surface area (Å²) in [5.74, 6) is -0.391. The quantitative estimate of drug-likeness (QED) is 0.684. The average Bonchev–Trinajstić information content (AvgIpc) is 2.64. The molecular formula is C19H15FN4O2. The zero-order valence-electron chi connectivity index (χ0n) is 13.9. The summed E-state index contributed by atoms with van der Waals surface area (Å²) in [6, 6.07) is 13.8. The first-order valence-electron chi connectivity index (χ1n) is 7.78. The van der Waals surface area contributed by atoms with E-state index >= 15 is 0 Å². The monoisotopic (exact) mass is 350 g/mol. The summed E-state index contributed by atoms with van der Waals surface area (Å²) >= 11 is 0. The van der Waals surface area contributed by atoms with Crippen molar-refractivity contribution in [3.63, 3.8) is 0 Å². The summed E-state index contributed by atoms with van der Waals surface area (Å²) in [5, 5.41) is 5.68. The number of Topliss-reactive ketones (excluding diaryl/α,β-unsaturated/α-hetero) is 1. The van der Waals surface area contributed by atoms with Gasteiger partial charge in [0, 0.05) is 23.0 Å². The van der Waals surface area contributed by atoms with Crippen LogP contribution in [0.1, 0.15) is 27.8 Å². The van der Waals surface area contributed by atoms with Crippen LogP contribution in [0.3, 0.4) is 0 Å². The number of anilines is 3. The van der Waals surface area contributed by atoms with Crippen molar-refractivity contribution in [1.82, 2.24) is 9.97 Å². The Labute approximate surface area is 149 Å². The molecule has 26 heavy (non-hydrogen) atoms. The van der Waals surface area contributed by atoms with Crippen LogP contribution in [0.2, 0.25) is 0 Å². The molecule has 3 aromatic rings. The maximum atomic E-state index is 12.9. The van der Waals surface area contributed by atoms with Crippen molar-refractivity contribution >= 4 is 28.9 Å². The lowest BCUT2D eigenvalue weighted by Gasteiger charge is -2.08. The molecule has 0 atom stereocenters. The second-order valence-corrected chi connectivity index (χ2v) is 5.51. The van der Waals surface area contributed by atoms with Crippen LogP contribution in [-0.2, 0) is 0 Å². The second kappa shape index (κ2) is 7.52. The van der Waals surface area contributed by atoms with E-state index in [4.69, 9.17) is 0 Å². The van der Waals surface area contributed by atoms with E-state index in [-0.39, 0.29) is 17.3 Å². The molecule has 0 aliphatic carbocycles. The number of nitrogens with one attached hydrogen (secondary N) is 2. The molecule has 3 rings (SSSR count). The molecule has 130 valence electrons. The summed E-state index contributed by atoms with van der Waals surface area (Å²) in [4.78, 5) is 31.6. The fourth-order valence-electron chi connectivity index (χ4n) is 2.21. The van der Waals surface area contributed by atoms with Gasteiger partial charge in [-0.15, -0.1) is 0 Å². The minimum atomic E-state index is -0.412. The molecule has 0 spiro atoms. The van der Waals surface area contributed by atoms with Crippen LogP contribution < -0.4 is 10.6 Å². The molecule has 2 aromatic carbocycles. The highest BCUT2D eigenvalue weighted by molar-refractivity contribution is 6.03. The van der Waals surface area contributed by atoms with Gasteiger partial charge in [-0.3, -0.25) is 9.59 Å². The third-order valence-corrected chi connectivity index (χ3v) is 3.57. The lowest BCUT2D eigenvalue weighted by Crippen LogP contribution is -2.14. The summed E-state index contributed by atoms with van der Waals surface area (Å²) in [6.07, 6.45) is 1.26. The summed E-state index contributed by atoms with van der Waals surface area (Å²) in [7, 11) is 0. The van der Waals surface area contributed by atoms with Gasteiger partial charge in [0.25, 0.3) is 5.91 Å². The topological polar surface area (TPSA) is 84.0 Å². The highest BCUT2D eigenvalue weighted by Crippen LogP contribution is 2.16. The van der Waals surface area contributed by atoms with Gasteiger partial charge < -0.3 is 10.6 Å². The van der Waals surface area contributed by atoms with E-state index < -0.39 is 5.91 Å². The maximum absolute atomic E-state index is 12.9. The normalized spacial score (nSPS) is 10.2. The van der Waals surface area contributed by atoms with Gasteiger partial charge in [-0.25, -0.2) is 14.4 Å². The van der Waals surface area contributed by atoms with E-state index in [1.165, 1.54) is 31.5 Å². The first-order chi connectivity index (χ1) is 12.5. The van der Waals surface area contributed by atoms with Crippen molar-refractivity contribution in [2.45, 2.75) is 6.92 Å². The Morgan fingerprint density at radius 2 is 1.58 bits per heavy atom. The predicted octanol–water partition coefficient (Wildman–Crippen LogP) is 3.81. The average molecular weight is 350 g/mol. The highest BCUT2D eigenvalue weighted by Gasteiger charge is 2.10. The number of aromatic nitrogens is 2. The first kappa shape index (κ1) is 17.2. The van der Waals surface area contributed by atoms with Crippen LogP contribution in [0.5, 0.6) is 0 Å². The van der Waals surface area contributed by atoms with Crippen LogP contribution in [0, 0.1) is 5.82 Å². The van der Waals surface area contributed by atoms with Gasteiger partial charge in [-0.1, -0.05) is 0 Å². The van der Waals surface area contributed by atoms with Gasteiger partial charge in [0.05, 0.1) is 0 Å². The van der Waals surface area contributed by atoms with Gasteiger partial charge in [0.2, 0.25) is 0 Å². The number of amides is 1. The van der Waals surface area contributed by atoms with Crippen molar-refractivity contribution in [2.75, 3.05) is 10.6 Å². The molecule has 0 aliphatic rings. The molecule has 0 bridgehead atoms. The Balaban J connectivity index is 1.71. The van der Waals surface area contributed by atoms with E-state index in [1.54, 1.807) is 36.4 Å². The number of halogens is 1. The van der Waals surface area contributed by atoms with E-state index in [0.29, 0.717) is 22.8 Å². The van der Waals surface area contributed by atoms with E-state index in [9.17, 15) is 14.0 Å². The van der Waals surface area contributed by atoms with Crippen molar-refractivity contribution in [3.8, 4) is 0 Å². The number of benzene rings is 2. The molecule has 7 heteroatoms. The van der Waals surface area contributed by atoms with Gasteiger partial charge in [-0.2, -0.15) is 0 Å². The number of ketones is 1. The van der Waals surface area contributed by atoms with Crippen LogP contribution in [0.4, 0.5) is 21.6 Å². The van der Waals surface area contributed by atoms with Crippen LogP contribution in [0.15, 0.2) is 60.9 Å². The molecular weight excluding hydrogens is 335 g/mol. The predicted molar refractivity (Wildman–Crippen MR) is 96.1 cm³/mol. The first-order valence-corrected chi connectivity index (χ1v) is 7.78. The summed E-state index contributed by atoms with van der Waals surface area (Å²) in [6.45, 7) is 1.48. The maximum Gasteiger partial charge on any atom is 0.274 e. The van der Waals surface area contributed by atoms with Crippen LogP contribution in [-0.4, -0.2) is 21.7 Å². The molecule has 0 unspecified atom stereocenters. The second-order valence-electron chi connectivity index (χ2n) is 5.51. The highest BCUT2D eigenvalue weighted by atomic mass is 19.1. The minimum Gasteiger partial charge on any atom is -0.340 e. The van der Waals surface area contributed by atoms with Gasteiger partial charge >= 0.3 is 0 Å². The summed E-state index contributed by atoms with van der Waals surface area (Å²) in [5.41, 5.74) is 1.92. The van der Waals surface area contributed by atoms with Crippen LogP contribution in [0.25, 0.3) is 0 Å². The van der Waals surface area contributed by atoms with Crippen molar-refractivity contribution in [1.29, 1.82) is 0 Å². The van der Waals surface area contributed by atoms with Gasteiger partial charge in [0.15, 0.2) is 5.78 Å². The van der Waals surface area contributed by atoms with Crippen molar-refractivity contribution < 1.29 is 14.0 Å². The van der Waals surface area contributed by atoms with E-state index in [0.717, 1.165) is 0 Å². The zero-order chi connectivity index (χ0) is 18.5. The SMILES string of the molecule is CC(=O)c1ccc(NC(=O)c2cc(Nc3ccc(F)cc3)ncn2)cc1. The minimum absolute atomic E-state index is 0.0461.